The van der Waals surface area contributed by atoms with Crippen molar-refractivity contribution < 1.29 is 28.2 Å². The molecule has 1 aliphatic heterocycles. The van der Waals surface area contributed by atoms with Crippen LogP contribution in [0.1, 0.15) is 43.2 Å². The van der Waals surface area contributed by atoms with E-state index in [0.29, 0.717) is 29.7 Å². The minimum absolute atomic E-state index is 0.000803. The summed E-state index contributed by atoms with van der Waals surface area (Å²) in [5.74, 6) is -2.48. The van der Waals surface area contributed by atoms with E-state index in [1.807, 2.05) is 30.3 Å². The molecule has 2 aliphatic rings. The first-order valence-corrected chi connectivity index (χ1v) is 11.1. The van der Waals surface area contributed by atoms with Gasteiger partial charge in [-0.15, -0.1) is 0 Å². The van der Waals surface area contributed by atoms with Gasteiger partial charge in [-0.1, -0.05) is 55.0 Å². The van der Waals surface area contributed by atoms with Gasteiger partial charge in [-0.25, -0.2) is 14.0 Å². The van der Waals surface area contributed by atoms with E-state index in [9.17, 15) is 14.0 Å². The molecule has 0 amide bonds. The molecule has 6 heteroatoms. The number of esters is 2. The maximum Gasteiger partial charge on any atom is 0.348 e. The summed E-state index contributed by atoms with van der Waals surface area (Å²) in [6.07, 6.45) is 5.21. The predicted molar refractivity (Wildman–Crippen MR) is 121 cm³/mol. The Morgan fingerprint density at radius 3 is 2.33 bits per heavy atom. The number of carbonyl (C=O) groups excluding carboxylic acids is 2. The van der Waals surface area contributed by atoms with Gasteiger partial charge in [0.2, 0.25) is 0 Å². The summed E-state index contributed by atoms with van der Waals surface area (Å²) in [7, 11) is 0. The Morgan fingerprint density at radius 1 is 0.879 bits per heavy atom. The Kier molecular flexibility index (Phi) is 5.58. The van der Waals surface area contributed by atoms with E-state index in [1.165, 1.54) is 12.1 Å². The van der Waals surface area contributed by atoms with Crippen molar-refractivity contribution >= 4 is 28.8 Å². The van der Waals surface area contributed by atoms with Crippen LogP contribution in [0.3, 0.4) is 0 Å². The molecule has 1 heterocycles. The molecule has 1 saturated carbocycles. The number of carbonyl (C=O) groups is 2. The summed E-state index contributed by atoms with van der Waals surface area (Å²) in [6, 6.07) is 17.6. The zero-order valence-corrected chi connectivity index (χ0v) is 18.0. The fourth-order valence-corrected chi connectivity index (χ4v) is 4.43. The Morgan fingerprint density at radius 2 is 1.58 bits per heavy atom. The Labute approximate surface area is 190 Å². The van der Waals surface area contributed by atoms with Crippen LogP contribution in [0.2, 0.25) is 0 Å². The average Bonchev–Trinajstić information content (AvgIpc) is 2.82. The summed E-state index contributed by atoms with van der Waals surface area (Å²) in [5.41, 5.74) is 0.756. The van der Waals surface area contributed by atoms with Crippen LogP contribution in [0, 0.1) is 5.82 Å². The third kappa shape index (κ3) is 4.21. The SMILES string of the molecule is O=C1OC2(CCCCC2)OC(=O)C1=Cc1c(OCc2ccccc2F)ccc2ccccc12. The number of benzene rings is 3. The van der Waals surface area contributed by atoms with E-state index >= 15 is 0 Å². The number of rotatable bonds is 4. The molecule has 0 N–H and O–H groups in total. The van der Waals surface area contributed by atoms with E-state index in [1.54, 1.807) is 24.3 Å². The quantitative estimate of drug-likeness (QED) is 0.292. The van der Waals surface area contributed by atoms with E-state index in [0.717, 1.165) is 30.0 Å². The molecule has 0 atom stereocenters. The average molecular weight is 446 g/mol. The molecule has 1 aliphatic carbocycles. The van der Waals surface area contributed by atoms with Gasteiger partial charge in [-0.3, -0.25) is 0 Å². The number of ether oxygens (including phenoxy) is 3. The van der Waals surface area contributed by atoms with Gasteiger partial charge in [0.15, 0.2) is 0 Å². The molecule has 0 unspecified atom stereocenters. The van der Waals surface area contributed by atoms with Crippen molar-refractivity contribution in [2.45, 2.75) is 44.5 Å². The highest BCUT2D eigenvalue weighted by molar-refractivity contribution is 6.20. The van der Waals surface area contributed by atoms with Crippen molar-refractivity contribution in [2.24, 2.45) is 0 Å². The van der Waals surface area contributed by atoms with E-state index < -0.39 is 17.7 Å². The molecule has 3 aromatic rings. The molecular weight excluding hydrogens is 423 g/mol. The lowest BCUT2D eigenvalue weighted by atomic mass is 9.93. The van der Waals surface area contributed by atoms with Gasteiger partial charge in [-0.05, 0) is 41.8 Å². The van der Waals surface area contributed by atoms with Crippen LogP contribution >= 0.6 is 0 Å². The van der Waals surface area contributed by atoms with Gasteiger partial charge in [-0.2, -0.15) is 0 Å². The van der Waals surface area contributed by atoms with Gasteiger partial charge in [0, 0.05) is 24.0 Å². The largest absolute Gasteiger partial charge is 0.488 e. The topological polar surface area (TPSA) is 61.8 Å². The summed E-state index contributed by atoms with van der Waals surface area (Å²) < 4.78 is 31.3. The molecule has 168 valence electrons. The van der Waals surface area contributed by atoms with E-state index in [-0.39, 0.29) is 18.0 Å². The fraction of sp³-hybridized carbons (Fsp3) is 0.259. The van der Waals surface area contributed by atoms with E-state index in [4.69, 9.17) is 14.2 Å². The molecule has 1 spiro atoms. The van der Waals surface area contributed by atoms with E-state index in [2.05, 4.69) is 0 Å². The molecular formula is C27H23FO5. The lowest BCUT2D eigenvalue weighted by Crippen LogP contribution is -2.47. The number of fused-ring (bicyclic) bond motifs is 1. The monoisotopic (exact) mass is 446 g/mol. The standard InChI is InChI=1S/C27H23FO5/c28-23-11-5-3-9-19(23)17-31-24-13-12-18-8-2-4-10-20(18)21(24)16-22-25(29)32-27(33-26(22)30)14-6-1-7-15-27/h2-5,8-13,16H,1,6-7,14-15,17H2. The molecule has 5 nitrogen and oxygen atoms in total. The summed E-state index contributed by atoms with van der Waals surface area (Å²) in [6.45, 7) is -0.000803. The maximum absolute atomic E-state index is 14.1. The minimum atomic E-state index is -1.15. The van der Waals surface area contributed by atoms with Crippen molar-refractivity contribution in [1.29, 1.82) is 0 Å². The molecule has 5 rings (SSSR count). The molecule has 33 heavy (non-hydrogen) atoms. The van der Waals surface area contributed by atoms with Gasteiger partial charge >= 0.3 is 11.9 Å². The Hall–Kier alpha value is -3.67. The van der Waals surface area contributed by atoms with Crippen LogP contribution in [-0.2, 0) is 25.7 Å². The Balaban J connectivity index is 1.52. The zero-order chi connectivity index (χ0) is 22.8. The van der Waals surface area contributed by atoms with Crippen LogP contribution in [-0.4, -0.2) is 17.7 Å². The van der Waals surface area contributed by atoms with Gasteiger partial charge < -0.3 is 14.2 Å². The molecule has 0 radical (unpaired) electrons. The first kappa shape index (κ1) is 21.2. The second-order valence-corrected chi connectivity index (χ2v) is 8.39. The second-order valence-electron chi connectivity index (χ2n) is 8.39. The van der Waals surface area contributed by atoms with Gasteiger partial charge in [0.1, 0.15) is 23.7 Å². The highest BCUT2D eigenvalue weighted by Crippen LogP contribution is 2.38. The highest BCUT2D eigenvalue weighted by Gasteiger charge is 2.46. The molecule has 1 saturated heterocycles. The number of hydrogen-bond acceptors (Lipinski definition) is 5. The van der Waals surface area contributed by atoms with Crippen molar-refractivity contribution in [3.8, 4) is 5.75 Å². The smallest absolute Gasteiger partial charge is 0.348 e. The third-order valence-electron chi connectivity index (χ3n) is 6.17. The number of halogens is 1. The lowest BCUT2D eigenvalue weighted by Gasteiger charge is -2.38. The van der Waals surface area contributed by atoms with Gasteiger partial charge in [0.25, 0.3) is 5.79 Å². The summed E-state index contributed by atoms with van der Waals surface area (Å²) >= 11 is 0. The van der Waals surface area contributed by atoms with Crippen LogP contribution < -0.4 is 4.74 Å². The van der Waals surface area contributed by atoms with Crippen molar-refractivity contribution in [3.63, 3.8) is 0 Å². The third-order valence-corrected chi connectivity index (χ3v) is 6.17. The van der Waals surface area contributed by atoms with Crippen molar-refractivity contribution in [1.82, 2.24) is 0 Å². The first-order chi connectivity index (χ1) is 16.0. The number of hydrogen-bond donors (Lipinski definition) is 0. The predicted octanol–water partition coefficient (Wildman–Crippen LogP) is 5.70. The minimum Gasteiger partial charge on any atom is -0.488 e. The van der Waals surface area contributed by atoms with Crippen molar-refractivity contribution in [2.75, 3.05) is 0 Å². The first-order valence-electron chi connectivity index (χ1n) is 11.1. The van der Waals surface area contributed by atoms with Crippen LogP contribution in [0.15, 0.2) is 66.2 Å². The summed E-state index contributed by atoms with van der Waals surface area (Å²) in [5, 5.41) is 1.69. The molecule has 0 bridgehead atoms. The second kappa shape index (κ2) is 8.70. The molecule has 3 aromatic carbocycles. The highest BCUT2D eigenvalue weighted by atomic mass is 19.1. The van der Waals surface area contributed by atoms with Gasteiger partial charge in [0.05, 0.1) is 0 Å². The molecule has 2 fully saturated rings. The summed E-state index contributed by atoms with van der Waals surface area (Å²) in [4.78, 5) is 25.7. The Bertz CT molecular complexity index is 1230. The zero-order valence-electron chi connectivity index (χ0n) is 18.0. The fourth-order valence-electron chi connectivity index (χ4n) is 4.43. The maximum atomic E-state index is 14.1. The van der Waals surface area contributed by atoms with Crippen LogP contribution in [0.25, 0.3) is 16.8 Å². The lowest BCUT2D eigenvalue weighted by molar-refractivity contribution is -0.244. The van der Waals surface area contributed by atoms with Crippen LogP contribution in [0.4, 0.5) is 4.39 Å². The normalized spacial score (nSPS) is 17.5. The van der Waals surface area contributed by atoms with Crippen molar-refractivity contribution in [3.05, 3.63) is 83.2 Å². The molecule has 0 aromatic heterocycles. The van der Waals surface area contributed by atoms with Crippen LogP contribution in [0.5, 0.6) is 5.75 Å².